The van der Waals surface area contributed by atoms with Crippen molar-refractivity contribution in [3.05, 3.63) is 11.1 Å². The number of allylic oxidation sites excluding steroid dienone is 2. The van der Waals surface area contributed by atoms with Crippen molar-refractivity contribution in [3.8, 4) is 0 Å². The summed E-state index contributed by atoms with van der Waals surface area (Å²) in [5.41, 5.74) is 8.63. The fraction of sp³-hybridized carbons (Fsp3) is 0.872. The minimum Gasteiger partial charge on any atom is -0.481 e. The van der Waals surface area contributed by atoms with Crippen LogP contribution in [0.3, 0.4) is 0 Å². The molecule has 0 radical (unpaired) electrons. The third-order valence-corrected chi connectivity index (χ3v) is 16.2. The molecular formula is C39H61NO5. The van der Waals surface area contributed by atoms with Crippen molar-refractivity contribution in [3.63, 3.8) is 0 Å². The van der Waals surface area contributed by atoms with Gasteiger partial charge in [-0.15, -0.1) is 0 Å². The standard InChI is InChI=1S/C39H61NO5/c1-22(2)30-26(41)21-39(18-19-40)17-16-37(8)23(31(30)39)10-11-28-36(7)14-13-29(35(5,6)27(36)12-15-38(28,37)9)45-33(44)25-20-24(32(42)43)34(25,3)4/h22-25,27-29H,10-21,40H2,1-9H3,(H,42,43)/t23-,24+,25-,27+,28-,29+,36+,37-,38-,39-/m1/s1. The van der Waals surface area contributed by atoms with Crippen LogP contribution in [0, 0.1) is 68.0 Å². The Kier molecular flexibility index (Phi) is 7.68. The van der Waals surface area contributed by atoms with Crippen molar-refractivity contribution < 1.29 is 24.2 Å². The van der Waals surface area contributed by atoms with Crippen LogP contribution in [0.15, 0.2) is 11.1 Å². The molecule has 0 aromatic heterocycles. The first-order chi connectivity index (χ1) is 20.8. The highest BCUT2D eigenvalue weighted by atomic mass is 16.5. The maximum atomic E-state index is 13.6. The van der Waals surface area contributed by atoms with Crippen LogP contribution >= 0.6 is 0 Å². The Balaban J connectivity index is 1.27. The molecule has 45 heavy (non-hydrogen) atoms. The molecule has 5 fully saturated rings. The smallest absolute Gasteiger partial charge is 0.309 e. The first kappa shape index (κ1) is 33.2. The molecule has 0 unspecified atom stereocenters. The van der Waals surface area contributed by atoms with Crippen molar-refractivity contribution in [1.82, 2.24) is 0 Å². The Morgan fingerprint density at radius 2 is 1.56 bits per heavy atom. The van der Waals surface area contributed by atoms with Gasteiger partial charge in [-0.25, -0.2) is 0 Å². The molecule has 252 valence electrons. The number of carboxylic acids is 1. The number of Topliss-reactive ketones (excluding diaryl/α,β-unsaturated/α-hetero) is 1. The quantitative estimate of drug-likeness (QED) is 0.291. The highest BCUT2D eigenvalue weighted by Gasteiger charge is 2.70. The Hall–Kier alpha value is -1.69. The van der Waals surface area contributed by atoms with Gasteiger partial charge >= 0.3 is 11.9 Å². The van der Waals surface area contributed by atoms with E-state index < -0.39 is 17.3 Å². The van der Waals surface area contributed by atoms with E-state index in [0.29, 0.717) is 42.9 Å². The number of carbonyl (C=O) groups excluding carboxylic acids is 2. The van der Waals surface area contributed by atoms with Crippen LogP contribution < -0.4 is 5.73 Å². The zero-order valence-corrected chi connectivity index (χ0v) is 29.7. The number of rotatable bonds is 6. The average molecular weight is 624 g/mol. The molecule has 5 saturated carbocycles. The van der Waals surface area contributed by atoms with E-state index in [1.165, 1.54) is 24.8 Å². The van der Waals surface area contributed by atoms with Crippen LogP contribution in [0.2, 0.25) is 0 Å². The normalized spacial score (nSPS) is 46.4. The van der Waals surface area contributed by atoms with Gasteiger partial charge in [0.2, 0.25) is 0 Å². The summed E-state index contributed by atoms with van der Waals surface area (Å²) in [7, 11) is 0. The molecule has 0 heterocycles. The highest BCUT2D eigenvalue weighted by Crippen LogP contribution is 2.77. The van der Waals surface area contributed by atoms with Crippen molar-refractivity contribution in [2.24, 2.45) is 73.7 Å². The van der Waals surface area contributed by atoms with Crippen LogP contribution in [0.5, 0.6) is 0 Å². The van der Waals surface area contributed by atoms with Gasteiger partial charge in [0.15, 0.2) is 5.78 Å². The number of ketones is 1. The number of nitrogens with two attached hydrogens (primary N) is 1. The maximum absolute atomic E-state index is 13.6. The van der Waals surface area contributed by atoms with Gasteiger partial charge in [0.05, 0.1) is 11.8 Å². The van der Waals surface area contributed by atoms with Crippen molar-refractivity contribution in [2.45, 2.75) is 139 Å². The van der Waals surface area contributed by atoms with Gasteiger partial charge in [-0.05, 0) is 122 Å². The molecule has 6 nitrogen and oxygen atoms in total. The summed E-state index contributed by atoms with van der Waals surface area (Å²) in [6.07, 6.45) is 10.7. The molecule has 6 aliphatic rings. The van der Waals surface area contributed by atoms with E-state index in [4.69, 9.17) is 10.5 Å². The molecule has 0 spiro atoms. The number of hydrogen-bond acceptors (Lipinski definition) is 5. The van der Waals surface area contributed by atoms with E-state index in [2.05, 4.69) is 48.5 Å². The molecule has 0 aromatic carbocycles. The number of esters is 1. The molecule has 10 atom stereocenters. The average Bonchev–Trinajstić information content (AvgIpc) is 3.22. The van der Waals surface area contributed by atoms with E-state index >= 15 is 0 Å². The highest BCUT2D eigenvalue weighted by molar-refractivity contribution is 6.00. The summed E-state index contributed by atoms with van der Waals surface area (Å²) in [6, 6.07) is 0. The van der Waals surface area contributed by atoms with E-state index in [9.17, 15) is 19.5 Å². The number of carbonyl (C=O) groups is 3. The number of fused-ring (bicyclic) bond motifs is 7. The molecule has 6 heteroatoms. The molecular weight excluding hydrogens is 562 g/mol. The predicted molar refractivity (Wildman–Crippen MR) is 176 cm³/mol. The van der Waals surface area contributed by atoms with Gasteiger partial charge < -0.3 is 15.6 Å². The van der Waals surface area contributed by atoms with E-state index in [-0.39, 0.29) is 51.0 Å². The van der Waals surface area contributed by atoms with Crippen LogP contribution in [-0.4, -0.2) is 35.5 Å². The second-order valence-corrected chi connectivity index (χ2v) is 18.8. The van der Waals surface area contributed by atoms with E-state index in [1.54, 1.807) is 0 Å². The summed E-state index contributed by atoms with van der Waals surface area (Å²) in [4.78, 5) is 38.8. The van der Waals surface area contributed by atoms with E-state index in [0.717, 1.165) is 44.1 Å². The zero-order chi connectivity index (χ0) is 33.1. The molecule has 0 saturated heterocycles. The Morgan fingerprint density at radius 3 is 2.16 bits per heavy atom. The van der Waals surface area contributed by atoms with Gasteiger partial charge in [0, 0.05) is 17.3 Å². The zero-order valence-electron chi connectivity index (χ0n) is 29.7. The van der Waals surface area contributed by atoms with Crippen molar-refractivity contribution in [1.29, 1.82) is 0 Å². The fourth-order valence-corrected chi connectivity index (χ4v) is 13.5. The summed E-state index contributed by atoms with van der Waals surface area (Å²) < 4.78 is 6.38. The number of ether oxygens (including phenoxy) is 1. The second kappa shape index (κ2) is 10.4. The van der Waals surface area contributed by atoms with Crippen LogP contribution in [0.25, 0.3) is 0 Å². The summed E-state index contributed by atoms with van der Waals surface area (Å²) in [6.45, 7) is 21.3. The molecule has 0 aliphatic heterocycles. The van der Waals surface area contributed by atoms with Gasteiger partial charge in [0.1, 0.15) is 6.10 Å². The van der Waals surface area contributed by atoms with Crippen LogP contribution in [0.4, 0.5) is 0 Å². The molecule has 6 rings (SSSR count). The minimum absolute atomic E-state index is 0.0245. The van der Waals surface area contributed by atoms with Crippen molar-refractivity contribution >= 4 is 17.7 Å². The molecule has 0 bridgehead atoms. The Bertz CT molecular complexity index is 1310. The third kappa shape index (κ3) is 4.31. The lowest BCUT2D eigenvalue weighted by atomic mass is 9.33. The third-order valence-electron chi connectivity index (χ3n) is 16.2. The minimum atomic E-state index is -0.814. The molecule has 3 N–H and O–H groups in total. The first-order valence-corrected chi connectivity index (χ1v) is 18.2. The number of hydrogen-bond donors (Lipinski definition) is 2. The molecule has 0 aromatic rings. The first-order valence-electron chi connectivity index (χ1n) is 18.2. The monoisotopic (exact) mass is 623 g/mol. The number of carboxylic acid groups (broad SMARTS) is 1. The van der Waals surface area contributed by atoms with Crippen LogP contribution in [-0.2, 0) is 19.1 Å². The molecule has 0 amide bonds. The van der Waals surface area contributed by atoms with Gasteiger partial charge in [-0.2, -0.15) is 0 Å². The summed E-state index contributed by atoms with van der Waals surface area (Å²) in [5.74, 6) is 0.292. The maximum Gasteiger partial charge on any atom is 0.309 e. The topological polar surface area (TPSA) is 107 Å². The lowest BCUT2D eigenvalue weighted by Gasteiger charge is -2.72. The van der Waals surface area contributed by atoms with Gasteiger partial charge in [0.25, 0.3) is 0 Å². The largest absolute Gasteiger partial charge is 0.481 e. The SMILES string of the molecule is CC(C)C1=C2[C@H]3CC[C@@H]4[C@@]5(C)CC[C@H](OC(=O)[C@H]6C[C@@H](C(=O)O)C6(C)C)C(C)(C)[C@@H]5CC[C@@]4(C)[C@]3(C)CC[C@@]2(CCN)CC1=O. The van der Waals surface area contributed by atoms with Crippen molar-refractivity contribution in [2.75, 3.05) is 6.54 Å². The fourth-order valence-electron chi connectivity index (χ4n) is 13.5. The predicted octanol–water partition coefficient (Wildman–Crippen LogP) is 7.97. The summed E-state index contributed by atoms with van der Waals surface area (Å²) >= 11 is 0. The lowest BCUT2D eigenvalue weighted by molar-refractivity contribution is -0.236. The van der Waals surface area contributed by atoms with Gasteiger partial charge in [-0.1, -0.05) is 67.9 Å². The lowest BCUT2D eigenvalue weighted by Crippen LogP contribution is -2.66. The Labute approximate surface area is 272 Å². The number of aliphatic carboxylic acids is 1. The molecule has 6 aliphatic carbocycles. The van der Waals surface area contributed by atoms with Crippen LogP contribution in [0.1, 0.15) is 133 Å². The van der Waals surface area contributed by atoms with E-state index in [1.807, 2.05) is 13.8 Å². The second-order valence-electron chi connectivity index (χ2n) is 18.8. The summed E-state index contributed by atoms with van der Waals surface area (Å²) in [5, 5.41) is 9.59. The van der Waals surface area contributed by atoms with Gasteiger partial charge in [-0.3, -0.25) is 14.4 Å². The Morgan fingerprint density at radius 1 is 0.867 bits per heavy atom.